The van der Waals surface area contributed by atoms with Gasteiger partial charge in [-0.1, -0.05) is 30.7 Å². The van der Waals surface area contributed by atoms with Crippen LogP contribution in [0, 0.1) is 22.7 Å². The van der Waals surface area contributed by atoms with Gasteiger partial charge in [0.1, 0.15) is 5.82 Å². The van der Waals surface area contributed by atoms with E-state index in [-0.39, 0.29) is 5.78 Å². The molecular formula is C19H17N5O. The Morgan fingerprint density at radius 1 is 1.20 bits per heavy atom. The third kappa shape index (κ3) is 3.49. The Hall–Kier alpha value is -3.25. The molecule has 2 aromatic rings. The van der Waals surface area contributed by atoms with Crippen LogP contribution in [0.15, 0.2) is 30.3 Å². The van der Waals surface area contributed by atoms with Crippen molar-refractivity contribution in [1.29, 1.82) is 10.5 Å². The van der Waals surface area contributed by atoms with E-state index in [4.69, 9.17) is 5.26 Å². The number of hydrogen-bond donors (Lipinski definition) is 0. The van der Waals surface area contributed by atoms with Gasteiger partial charge < -0.3 is 4.57 Å². The Bertz CT molecular complexity index is 897. The molecule has 1 aromatic heterocycles. The number of nitriles is 2. The molecule has 6 heteroatoms. The molecule has 1 atom stereocenters. The quantitative estimate of drug-likeness (QED) is 0.803. The molecule has 0 unspecified atom stereocenters. The minimum atomic E-state index is -0.982. The van der Waals surface area contributed by atoms with E-state index >= 15 is 0 Å². The van der Waals surface area contributed by atoms with Gasteiger partial charge in [-0.3, -0.25) is 4.79 Å². The normalized spacial score (nSPS) is 15.0. The molecule has 0 spiro atoms. The average Bonchev–Trinajstić information content (AvgIpc) is 2.88. The number of fused-ring (bicyclic) bond motifs is 1. The summed E-state index contributed by atoms with van der Waals surface area (Å²) in [5, 5.41) is 26.9. The standard InChI is InChI=1S/C19H17N5O/c20-12-15-7-4-3-6-14(15)9-10-17(25)16(13-21)19-23-22-18-8-2-1-5-11-24(18)19/h3-4,6-7,9-10,16H,1-2,5,8,11H2/b10-9-/t16-/m1/s1. The lowest BCUT2D eigenvalue weighted by Crippen LogP contribution is -2.15. The summed E-state index contributed by atoms with van der Waals surface area (Å²) in [5.41, 5.74) is 1.13. The van der Waals surface area contributed by atoms with Crippen LogP contribution in [0.2, 0.25) is 0 Å². The van der Waals surface area contributed by atoms with Gasteiger partial charge in [0.05, 0.1) is 17.7 Å². The van der Waals surface area contributed by atoms with Crippen molar-refractivity contribution < 1.29 is 4.79 Å². The largest absolute Gasteiger partial charge is 0.313 e. The lowest BCUT2D eigenvalue weighted by Gasteiger charge is -2.09. The van der Waals surface area contributed by atoms with Gasteiger partial charge in [0.15, 0.2) is 17.5 Å². The molecule has 1 aliphatic rings. The van der Waals surface area contributed by atoms with E-state index in [1.54, 1.807) is 30.3 Å². The highest BCUT2D eigenvalue weighted by atomic mass is 16.1. The fraction of sp³-hybridized carbons (Fsp3) is 0.316. The molecule has 0 saturated carbocycles. The number of rotatable bonds is 4. The number of hydrogen-bond acceptors (Lipinski definition) is 5. The average molecular weight is 331 g/mol. The van der Waals surface area contributed by atoms with Crippen LogP contribution in [0.1, 0.15) is 48.0 Å². The Kier molecular flexibility index (Phi) is 5.01. The molecule has 2 heterocycles. The summed E-state index contributed by atoms with van der Waals surface area (Å²) in [6.45, 7) is 0.740. The molecule has 0 bridgehead atoms. The van der Waals surface area contributed by atoms with Crippen LogP contribution in [0.3, 0.4) is 0 Å². The molecular weight excluding hydrogens is 314 g/mol. The summed E-state index contributed by atoms with van der Waals surface area (Å²) >= 11 is 0. The predicted octanol–water partition coefficient (Wildman–Crippen LogP) is 2.77. The molecule has 25 heavy (non-hydrogen) atoms. The van der Waals surface area contributed by atoms with E-state index < -0.39 is 5.92 Å². The van der Waals surface area contributed by atoms with Crippen molar-refractivity contribution in [2.45, 2.75) is 38.1 Å². The Labute approximate surface area is 146 Å². The van der Waals surface area contributed by atoms with E-state index in [2.05, 4.69) is 22.3 Å². The van der Waals surface area contributed by atoms with E-state index in [1.807, 2.05) is 4.57 Å². The van der Waals surface area contributed by atoms with Crippen molar-refractivity contribution in [2.24, 2.45) is 0 Å². The Balaban J connectivity index is 1.86. The molecule has 0 radical (unpaired) electrons. The van der Waals surface area contributed by atoms with Crippen LogP contribution in [-0.2, 0) is 17.8 Å². The first-order chi connectivity index (χ1) is 12.2. The van der Waals surface area contributed by atoms with Crippen molar-refractivity contribution in [3.63, 3.8) is 0 Å². The van der Waals surface area contributed by atoms with Crippen molar-refractivity contribution in [2.75, 3.05) is 0 Å². The lowest BCUT2D eigenvalue weighted by molar-refractivity contribution is -0.115. The van der Waals surface area contributed by atoms with Crippen LogP contribution in [-0.4, -0.2) is 20.5 Å². The molecule has 0 fully saturated rings. The van der Waals surface area contributed by atoms with E-state index in [0.29, 0.717) is 17.0 Å². The molecule has 124 valence electrons. The number of ketones is 1. The third-order valence-electron chi connectivity index (χ3n) is 4.32. The molecule has 0 saturated heterocycles. The number of aryl methyl sites for hydroxylation is 1. The van der Waals surface area contributed by atoms with E-state index in [9.17, 15) is 10.1 Å². The molecule has 0 amide bonds. The van der Waals surface area contributed by atoms with Crippen LogP contribution < -0.4 is 0 Å². The minimum Gasteiger partial charge on any atom is -0.313 e. The maximum atomic E-state index is 12.5. The van der Waals surface area contributed by atoms with Gasteiger partial charge in [-0.25, -0.2) is 0 Å². The summed E-state index contributed by atoms with van der Waals surface area (Å²) in [5.74, 6) is -0.0680. The first kappa shape index (κ1) is 16.6. The molecule has 1 aromatic carbocycles. The number of aromatic nitrogens is 3. The van der Waals surface area contributed by atoms with Crippen LogP contribution in [0.25, 0.3) is 6.08 Å². The fourth-order valence-electron chi connectivity index (χ4n) is 2.98. The van der Waals surface area contributed by atoms with Crippen LogP contribution >= 0.6 is 0 Å². The smallest absolute Gasteiger partial charge is 0.180 e. The first-order valence-corrected chi connectivity index (χ1v) is 8.27. The summed E-state index contributed by atoms with van der Waals surface area (Å²) in [4.78, 5) is 12.5. The first-order valence-electron chi connectivity index (χ1n) is 8.27. The number of carbonyl (C=O) groups is 1. The predicted molar refractivity (Wildman–Crippen MR) is 91.1 cm³/mol. The zero-order chi connectivity index (χ0) is 17.6. The number of allylic oxidation sites excluding steroid dienone is 1. The van der Waals surface area contributed by atoms with Gasteiger partial charge in [-0.2, -0.15) is 10.5 Å². The molecule has 1 aliphatic heterocycles. The second-order valence-corrected chi connectivity index (χ2v) is 5.93. The fourth-order valence-corrected chi connectivity index (χ4v) is 2.98. The highest BCUT2D eigenvalue weighted by Crippen LogP contribution is 2.21. The number of carbonyl (C=O) groups excluding carboxylic acids is 1. The van der Waals surface area contributed by atoms with Gasteiger partial charge in [-0.05, 0) is 30.5 Å². The third-order valence-corrected chi connectivity index (χ3v) is 4.32. The minimum absolute atomic E-state index is 0.352. The van der Waals surface area contributed by atoms with E-state index in [0.717, 1.165) is 38.1 Å². The molecule has 0 N–H and O–H groups in total. The zero-order valence-corrected chi connectivity index (χ0v) is 13.7. The van der Waals surface area contributed by atoms with Crippen LogP contribution in [0.5, 0.6) is 0 Å². The summed E-state index contributed by atoms with van der Waals surface area (Å²) in [6, 6.07) is 11.1. The monoisotopic (exact) mass is 331 g/mol. The second-order valence-electron chi connectivity index (χ2n) is 5.93. The van der Waals surface area contributed by atoms with Crippen LogP contribution in [0.4, 0.5) is 0 Å². The van der Waals surface area contributed by atoms with Crippen molar-refractivity contribution >= 4 is 11.9 Å². The molecule has 0 aliphatic carbocycles. The van der Waals surface area contributed by atoms with Gasteiger partial charge in [-0.15, -0.1) is 10.2 Å². The Morgan fingerprint density at radius 2 is 2.04 bits per heavy atom. The lowest BCUT2D eigenvalue weighted by atomic mass is 10.0. The summed E-state index contributed by atoms with van der Waals surface area (Å²) in [7, 11) is 0. The number of benzene rings is 1. The highest BCUT2D eigenvalue weighted by Gasteiger charge is 2.26. The van der Waals surface area contributed by atoms with Crippen molar-refractivity contribution in [1.82, 2.24) is 14.8 Å². The summed E-state index contributed by atoms with van der Waals surface area (Å²) < 4.78 is 1.91. The molecule has 6 nitrogen and oxygen atoms in total. The van der Waals surface area contributed by atoms with Crippen molar-refractivity contribution in [3.8, 4) is 12.1 Å². The second kappa shape index (κ2) is 7.55. The Morgan fingerprint density at radius 3 is 2.84 bits per heavy atom. The maximum absolute atomic E-state index is 12.5. The van der Waals surface area contributed by atoms with Gasteiger partial charge in [0.25, 0.3) is 0 Å². The topological polar surface area (TPSA) is 95.4 Å². The zero-order valence-electron chi connectivity index (χ0n) is 13.7. The van der Waals surface area contributed by atoms with Gasteiger partial charge >= 0.3 is 0 Å². The van der Waals surface area contributed by atoms with Crippen molar-refractivity contribution in [3.05, 3.63) is 53.1 Å². The molecule has 3 rings (SSSR count). The maximum Gasteiger partial charge on any atom is 0.180 e. The SMILES string of the molecule is N#Cc1ccccc1/C=C\C(=O)[C@@H](C#N)c1nnc2n1CCCCC2. The van der Waals surface area contributed by atoms with Gasteiger partial charge in [0.2, 0.25) is 0 Å². The van der Waals surface area contributed by atoms with E-state index in [1.165, 1.54) is 6.08 Å². The van der Waals surface area contributed by atoms with Gasteiger partial charge in [0, 0.05) is 13.0 Å². The highest BCUT2D eigenvalue weighted by molar-refractivity contribution is 6.00. The summed E-state index contributed by atoms with van der Waals surface area (Å²) in [6.07, 6.45) is 6.90. The number of nitrogens with zero attached hydrogens (tertiary/aromatic N) is 5.